The van der Waals surface area contributed by atoms with E-state index in [0.717, 1.165) is 5.56 Å². The first-order valence-corrected chi connectivity index (χ1v) is 9.97. The summed E-state index contributed by atoms with van der Waals surface area (Å²) in [4.78, 5) is 19.2. The van der Waals surface area contributed by atoms with Crippen LogP contribution in [-0.2, 0) is 5.60 Å². The number of benzene rings is 2. The molecule has 2 aromatic carbocycles. The van der Waals surface area contributed by atoms with Gasteiger partial charge in [0.05, 0.1) is 0 Å². The van der Waals surface area contributed by atoms with Gasteiger partial charge in [-0.2, -0.15) is 0 Å². The molecule has 0 bridgehead atoms. The number of carbonyl (C=O) groups excluding carboxylic acids is 1. The number of ether oxygens (including phenoxy) is 1. The Hall–Kier alpha value is -3.18. The summed E-state index contributed by atoms with van der Waals surface area (Å²) >= 11 is 0. The molecule has 1 fully saturated rings. The fraction of sp³-hybridized carbons (Fsp3) is 0.250. The Morgan fingerprint density at radius 2 is 1.66 bits per heavy atom. The number of piperidine rings is 1. The number of rotatable bonds is 2. The zero-order chi connectivity index (χ0) is 19.8. The monoisotopic (exact) mass is 386 g/mol. The second kappa shape index (κ2) is 7.01. The van der Waals surface area contributed by atoms with Gasteiger partial charge in [-0.05, 0) is 43.2 Å². The van der Waals surface area contributed by atoms with E-state index in [1.807, 2.05) is 71.6 Å². The third kappa shape index (κ3) is 2.89. The molecule has 5 heteroatoms. The standard InChI is InChI=1S/C24H22N2O3/c27-23(17-7-2-1-3-8-17)26-15-12-18(13-16-26)24(28)19-9-4-5-10-20(19)29-21-11-6-14-25-22(21)24/h1-11,14,18,28H,12-13,15-16H2. The van der Waals surface area contributed by atoms with E-state index in [1.54, 1.807) is 6.20 Å². The molecule has 1 N–H and O–H groups in total. The van der Waals surface area contributed by atoms with E-state index in [1.165, 1.54) is 0 Å². The van der Waals surface area contributed by atoms with Crippen LogP contribution in [0.4, 0.5) is 0 Å². The SMILES string of the molecule is O=C(c1ccccc1)N1CCC(C2(O)c3ccccc3Oc3cccnc32)CC1. The first kappa shape index (κ1) is 17.9. The van der Waals surface area contributed by atoms with Gasteiger partial charge in [0.1, 0.15) is 17.0 Å². The van der Waals surface area contributed by atoms with Gasteiger partial charge in [0.15, 0.2) is 5.75 Å². The van der Waals surface area contributed by atoms with E-state index in [0.29, 0.717) is 48.7 Å². The second-order valence-corrected chi connectivity index (χ2v) is 7.65. The molecule has 1 atom stereocenters. The molecule has 0 saturated carbocycles. The van der Waals surface area contributed by atoms with Crippen molar-refractivity contribution in [1.82, 2.24) is 9.88 Å². The van der Waals surface area contributed by atoms with Gasteiger partial charge < -0.3 is 14.7 Å². The number of hydrogen-bond donors (Lipinski definition) is 1. The zero-order valence-corrected chi connectivity index (χ0v) is 16.0. The largest absolute Gasteiger partial charge is 0.455 e. The summed E-state index contributed by atoms with van der Waals surface area (Å²) in [5.41, 5.74) is 0.784. The molecule has 1 aromatic heterocycles. The van der Waals surface area contributed by atoms with Crippen molar-refractivity contribution >= 4 is 5.91 Å². The van der Waals surface area contributed by atoms with Gasteiger partial charge in [-0.3, -0.25) is 9.78 Å². The molecule has 3 aromatic rings. The molecule has 5 nitrogen and oxygen atoms in total. The number of para-hydroxylation sites is 1. The summed E-state index contributed by atoms with van der Waals surface area (Å²) in [6.07, 6.45) is 3.08. The maximum atomic E-state index is 12.8. The third-order valence-electron chi connectivity index (χ3n) is 6.04. The van der Waals surface area contributed by atoms with Crippen LogP contribution in [0, 0.1) is 5.92 Å². The highest BCUT2D eigenvalue weighted by Gasteiger charge is 2.48. The van der Waals surface area contributed by atoms with E-state index in [2.05, 4.69) is 4.98 Å². The lowest BCUT2D eigenvalue weighted by atomic mass is 9.72. The van der Waals surface area contributed by atoms with Crippen LogP contribution in [0.25, 0.3) is 0 Å². The van der Waals surface area contributed by atoms with Crippen molar-refractivity contribution in [1.29, 1.82) is 0 Å². The number of aliphatic hydroxyl groups is 1. The van der Waals surface area contributed by atoms with Gasteiger partial charge in [0.2, 0.25) is 0 Å². The van der Waals surface area contributed by atoms with Crippen molar-refractivity contribution in [3.63, 3.8) is 0 Å². The highest BCUT2D eigenvalue weighted by atomic mass is 16.5. The van der Waals surface area contributed by atoms with Crippen LogP contribution in [0.5, 0.6) is 11.5 Å². The Morgan fingerprint density at radius 1 is 0.966 bits per heavy atom. The molecular formula is C24H22N2O3. The Bertz CT molecular complexity index is 997. The van der Waals surface area contributed by atoms with Crippen LogP contribution < -0.4 is 4.74 Å². The van der Waals surface area contributed by atoms with Gasteiger partial charge >= 0.3 is 0 Å². The lowest BCUT2D eigenvalue weighted by Gasteiger charge is -2.44. The minimum atomic E-state index is -1.23. The minimum absolute atomic E-state index is 0.0435. The number of amides is 1. The fourth-order valence-corrected chi connectivity index (χ4v) is 4.55. The molecule has 29 heavy (non-hydrogen) atoms. The molecule has 2 aliphatic heterocycles. The Labute approximate surface area is 169 Å². The molecule has 0 spiro atoms. The van der Waals surface area contributed by atoms with Crippen LogP contribution in [0.3, 0.4) is 0 Å². The van der Waals surface area contributed by atoms with Crippen LogP contribution in [0.2, 0.25) is 0 Å². The topological polar surface area (TPSA) is 62.7 Å². The third-order valence-corrected chi connectivity index (χ3v) is 6.04. The first-order valence-electron chi connectivity index (χ1n) is 9.97. The van der Waals surface area contributed by atoms with Crippen molar-refractivity contribution < 1.29 is 14.6 Å². The zero-order valence-electron chi connectivity index (χ0n) is 16.0. The van der Waals surface area contributed by atoms with Crippen LogP contribution in [0.15, 0.2) is 72.9 Å². The molecule has 146 valence electrons. The average Bonchev–Trinajstić information content (AvgIpc) is 2.79. The highest BCUT2D eigenvalue weighted by molar-refractivity contribution is 5.94. The molecule has 1 saturated heterocycles. The number of fused-ring (bicyclic) bond motifs is 2. The molecule has 5 rings (SSSR count). The second-order valence-electron chi connectivity index (χ2n) is 7.65. The van der Waals surface area contributed by atoms with Crippen LogP contribution in [-0.4, -0.2) is 34.0 Å². The number of hydrogen-bond acceptors (Lipinski definition) is 4. The van der Waals surface area contributed by atoms with Crippen molar-refractivity contribution in [2.45, 2.75) is 18.4 Å². The molecule has 1 amide bonds. The number of aromatic nitrogens is 1. The summed E-state index contributed by atoms with van der Waals surface area (Å²) in [7, 11) is 0. The molecule has 0 aliphatic carbocycles. The van der Waals surface area contributed by atoms with Gasteiger partial charge in [-0.15, -0.1) is 0 Å². The highest BCUT2D eigenvalue weighted by Crippen LogP contribution is 2.51. The smallest absolute Gasteiger partial charge is 0.253 e. The maximum Gasteiger partial charge on any atom is 0.253 e. The van der Waals surface area contributed by atoms with Crippen LogP contribution in [0.1, 0.15) is 34.5 Å². The Morgan fingerprint density at radius 3 is 2.45 bits per heavy atom. The van der Waals surface area contributed by atoms with Gasteiger partial charge in [0.25, 0.3) is 5.91 Å². The molecule has 0 radical (unpaired) electrons. The molecule has 2 aliphatic rings. The predicted molar refractivity (Wildman–Crippen MR) is 109 cm³/mol. The van der Waals surface area contributed by atoms with E-state index < -0.39 is 5.60 Å². The lowest BCUT2D eigenvalue weighted by molar-refractivity contribution is -0.0221. The number of nitrogens with zero attached hydrogens (tertiary/aromatic N) is 2. The van der Waals surface area contributed by atoms with Crippen molar-refractivity contribution in [3.8, 4) is 11.5 Å². The quantitative estimate of drug-likeness (QED) is 0.724. The number of likely N-dealkylation sites (tertiary alicyclic amines) is 1. The first-order chi connectivity index (χ1) is 14.2. The van der Waals surface area contributed by atoms with Crippen molar-refractivity contribution in [2.24, 2.45) is 5.92 Å². The maximum absolute atomic E-state index is 12.8. The summed E-state index contributed by atoms with van der Waals surface area (Å²) in [5.74, 6) is 1.25. The average molecular weight is 386 g/mol. The van der Waals surface area contributed by atoms with Crippen molar-refractivity contribution in [2.75, 3.05) is 13.1 Å². The van der Waals surface area contributed by atoms with Gasteiger partial charge in [-0.1, -0.05) is 36.4 Å². The number of carbonyl (C=O) groups is 1. The Balaban J connectivity index is 1.44. The molecule has 3 heterocycles. The summed E-state index contributed by atoms with van der Waals surface area (Å²) in [6, 6.07) is 20.6. The predicted octanol–water partition coefficient (Wildman–Crippen LogP) is 3.98. The summed E-state index contributed by atoms with van der Waals surface area (Å²) in [5, 5.41) is 12.0. The van der Waals surface area contributed by atoms with E-state index in [-0.39, 0.29) is 11.8 Å². The molecular weight excluding hydrogens is 364 g/mol. The fourth-order valence-electron chi connectivity index (χ4n) is 4.55. The summed E-state index contributed by atoms with van der Waals surface area (Å²) < 4.78 is 5.99. The van der Waals surface area contributed by atoms with Crippen molar-refractivity contribution in [3.05, 3.63) is 89.7 Å². The van der Waals surface area contributed by atoms with E-state index in [4.69, 9.17) is 4.74 Å². The Kier molecular flexibility index (Phi) is 4.32. The van der Waals surface area contributed by atoms with Crippen LogP contribution >= 0.6 is 0 Å². The van der Waals surface area contributed by atoms with E-state index >= 15 is 0 Å². The minimum Gasteiger partial charge on any atom is -0.455 e. The normalized spacial score (nSPS) is 21.1. The van der Waals surface area contributed by atoms with Gasteiger partial charge in [-0.25, -0.2) is 0 Å². The van der Waals surface area contributed by atoms with Gasteiger partial charge in [0, 0.05) is 36.3 Å². The summed E-state index contributed by atoms with van der Waals surface area (Å²) in [6.45, 7) is 1.21. The van der Waals surface area contributed by atoms with E-state index in [9.17, 15) is 9.90 Å². The number of pyridine rings is 1. The lowest BCUT2D eigenvalue weighted by Crippen LogP contribution is -2.47. The molecule has 1 unspecified atom stereocenters.